The highest BCUT2D eigenvalue weighted by Gasteiger charge is 2.29. The summed E-state index contributed by atoms with van der Waals surface area (Å²) in [6.45, 7) is 11.8. The molecule has 0 saturated carbocycles. The van der Waals surface area contributed by atoms with Crippen LogP contribution < -0.4 is 14.5 Å². The number of aromatic nitrogens is 4. The molecular formula is C30H39N9O2. The van der Waals surface area contributed by atoms with Crippen LogP contribution in [0.4, 0.5) is 11.6 Å². The van der Waals surface area contributed by atoms with Gasteiger partial charge in [0, 0.05) is 56.0 Å². The van der Waals surface area contributed by atoms with Crippen molar-refractivity contribution in [3.63, 3.8) is 0 Å². The Morgan fingerprint density at radius 1 is 1.02 bits per heavy atom. The molecule has 0 aliphatic carbocycles. The van der Waals surface area contributed by atoms with Gasteiger partial charge in [0.05, 0.1) is 31.6 Å². The number of piperazine rings is 1. The van der Waals surface area contributed by atoms with E-state index in [1.54, 1.807) is 19.4 Å². The highest BCUT2D eigenvalue weighted by Crippen LogP contribution is 2.32. The predicted molar refractivity (Wildman–Crippen MR) is 160 cm³/mol. The number of anilines is 2. The van der Waals surface area contributed by atoms with Crippen molar-refractivity contribution in [3.8, 4) is 12.1 Å². The Morgan fingerprint density at radius 3 is 2.37 bits per heavy atom. The van der Waals surface area contributed by atoms with Crippen molar-refractivity contribution in [2.24, 2.45) is 0 Å². The van der Waals surface area contributed by atoms with Gasteiger partial charge in [-0.15, -0.1) is 5.10 Å². The van der Waals surface area contributed by atoms with Crippen molar-refractivity contribution < 1.29 is 9.53 Å². The number of hydrogen-bond acceptors (Lipinski definition) is 10. The summed E-state index contributed by atoms with van der Waals surface area (Å²) in [5, 5.41) is 18.1. The van der Waals surface area contributed by atoms with Crippen molar-refractivity contribution in [3.05, 3.63) is 54.4 Å². The lowest BCUT2D eigenvalue weighted by Gasteiger charge is -2.37. The van der Waals surface area contributed by atoms with Crippen molar-refractivity contribution in [2.75, 3.05) is 69.8 Å². The van der Waals surface area contributed by atoms with E-state index in [1.807, 2.05) is 23.1 Å². The maximum atomic E-state index is 11.9. The van der Waals surface area contributed by atoms with Gasteiger partial charge in [-0.2, -0.15) is 20.3 Å². The van der Waals surface area contributed by atoms with Gasteiger partial charge in [-0.05, 0) is 45.5 Å². The highest BCUT2D eigenvalue weighted by molar-refractivity contribution is 5.91. The number of methoxy groups -OCH3 is 1. The first-order valence-electron chi connectivity index (χ1n) is 14.0. The van der Waals surface area contributed by atoms with Gasteiger partial charge in [0.25, 0.3) is 0 Å². The normalized spacial score (nSPS) is 16.5. The van der Waals surface area contributed by atoms with E-state index in [0.29, 0.717) is 38.7 Å². The van der Waals surface area contributed by atoms with Gasteiger partial charge in [0.2, 0.25) is 5.91 Å². The molecular weight excluding hydrogens is 518 g/mol. The topological polar surface area (TPSA) is 115 Å². The second-order valence-corrected chi connectivity index (χ2v) is 10.1. The molecule has 0 bridgehead atoms. The average molecular weight is 558 g/mol. The van der Waals surface area contributed by atoms with Crippen LogP contribution in [0, 0.1) is 11.3 Å². The van der Waals surface area contributed by atoms with Crippen LogP contribution in [0.2, 0.25) is 0 Å². The number of fused-ring (bicyclic) bond motifs is 2. The van der Waals surface area contributed by atoms with Crippen LogP contribution in [0.1, 0.15) is 31.0 Å². The molecule has 2 aromatic heterocycles. The summed E-state index contributed by atoms with van der Waals surface area (Å²) in [5.74, 6) is 1.74. The van der Waals surface area contributed by atoms with Crippen molar-refractivity contribution in [1.82, 2.24) is 30.0 Å². The van der Waals surface area contributed by atoms with Crippen LogP contribution in [-0.2, 0) is 17.8 Å². The first-order chi connectivity index (χ1) is 20.0. The third kappa shape index (κ3) is 7.27. The molecule has 0 atom stereocenters. The van der Waals surface area contributed by atoms with E-state index in [2.05, 4.69) is 54.6 Å². The number of rotatable bonds is 4. The van der Waals surface area contributed by atoms with Crippen LogP contribution in [-0.4, -0.2) is 95.8 Å². The molecule has 41 heavy (non-hydrogen) atoms. The molecule has 11 nitrogen and oxygen atoms in total. The summed E-state index contributed by atoms with van der Waals surface area (Å²) < 4.78 is 5.43. The largest absolute Gasteiger partial charge is 0.467 e. The van der Waals surface area contributed by atoms with Gasteiger partial charge in [-0.25, -0.2) is 0 Å². The maximum absolute atomic E-state index is 11.9. The number of nitriles is 1. The van der Waals surface area contributed by atoms with E-state index in [4.69, 9.17) is 10.00 Å². The minimum atomic E-state index is -0.0289. The van der Waals surface area contributed by atoms with E-state index >= 15 is 0 Å². The Hall–Kier alpha value is -4.30. The van der Waals surface area contributed by atoms with E-state index in [1.165, 1.54) is 38.9 Å². The number of benzene rings is 1. The molecule has 3 aliphatic rings. The number of amides is 1. The number of nitrogens with zero attached hydrogens (tertiary/aromatic N) is 9. The lowest BCUT2D eigenvalue weighted by molar-refractivity contribution is -0.126. The molecule has 3 aromatic rings. The van der Waals surface area contributed by atoms with Gasteiger partial charge < -0.3 is 24.3 Å². The number of ether oxygens (including phenoxy) is 1. The van der Waals surface area contributed by atoms with Gasteiger partial charge in [-0.3, -0.25) is 4.79 Å². The summed E-state index contributed by atoms with van der Waals surface area (Å²) in [7, 11) is 3.76. The smallest absolute Gasteiger partial charge is 0.318 e. The molecule has 0 spiro atoms. The Morgan fingerprint density at radius 2 is 1.73 bits per heavy atom. The molecule has 2 saturated heterocycles. The second-order valence-electron chi connectivity index (χ2n) is 10.1. The molecule has 2 fully saturated rings. The Kier molecular flexibility index (Phi) is 10.4. The molecule has 11 heteroatoms. The fourth-order valence-electron chi connectivity index (χ4n) is 5.31. The van der Waals surface area contributed by atoms with Crippen LogP contribution in [0.15, 0.2) is 43.1 Å². The summed E-state index contributed by atoms with van der Waals surface area (Å²) in [6, 6.07) is 10.3. The van der Waals surface area contributed by atoms with Crippen molar-refractivity contribution in [2.45, 2.75) is 32.7 Å². The number of likely N-dealkylation sites (tertiary alicyclic amines) is 1. The van der Waals surface area contributed by atoms with Crippen LogP contribution in [0.25, 0.3) is 10.8 Å². The molecule has 0 N–H and O–H groups in total. The maximum Gasteiger partial charge on any atom is 0.318 e. The van der Waals surface area contributed by atoms with Gasteiger partial charge in [-0.1, -0.05) is 30.8 Å². The third-order valence-electron chi connectivity index (χ3n) is 7.45. The number of carbonyl (C=O) groups excluding carboxylic acids is 1. The molecule has 5 heterocycles. The molecule has 0 unspecified atom stereocenters. The summed E-state index contributed by atoms with van der Waals surface area (Å²) in [4.78, 5) is 29.9. The first-order valence-corrected chi connectivity index (χ1v) is 14.0. The Balaban J connectivity index is 0.000000372. The molecule has 3 aliphatic heterocycles. The minimum absolute atomic E-state index is 0.0289. The molecule has 6 rings (SSSR count). The molecule has 0 radical (unpaired) electrons. The Bertz CT molecular complexity index is 1370. The van der Waals surface area contributed by atoms with Gasteiger partial charge in [0.15, 0.2) is 5.82 Å². The predicted octanol–water partition coefficient (Wildman–Crippen LogP) is 3.07. The third-order valence-corrected chi connectivity index (χ3v) is 7.45. The first kappa shape index (κ1) is 29.7. The standard InChI is InChI=1S/C23H25N7O2.C5H11N.C2H3N/c1-3-20(31)28-10-12-29(13-11-28)21-18-8-9-30(15-19(18)25-23(26-21)32-2)22-17-7-5-4-6-16(17)14-24-27-22;1-6-4-2-3-5-6;1-2-3/h3-7,14H,1,8-13,15H2,2H3;2-5H2,1H3;1H3. The van der Waals surface area contributed by atoms with Crippen LogP contribution in [0.5, 0.6) is 6.01 Å². The van der Waals surface area contributed by atoms with E-state index in [0.717, 1.165) is 46.6 Å². The molecule has 1 amide bonds. The minimum Gasteiger partial charge on any atom is -0.467 e. The number of carbonyl (C=O) groups is 1. The monoisotopic (exact) mass is 557 g/mol. The molecule has 1 aromatic carbocycles. The lowest BCUT2D eigenvalue weighted by atomic mass is 10.0. The summed E-state index contributed by atoms with van der Waals surface area (Å²) in [5.41, 5.74) is 2.08. The quantitative estimate of drug-likeness (QED) is 0.443. The second kappa shape index (κ2) is 14.4. The Labute approximate surface area is 242 Å². The fraction of sp³-hybridized carbons (Fsp3) is 0.467. The SMILES string of the molecule is C=CC(=O)N1CCN(c2nc(OC)nc3c2CCN(c2nncc4ccccc24)C3)CC1.CC#N.CN1CCCC1. The highest BCUT2D eigenvalue weighted by atomic mass is 16.5. The fourth-order valence-corrected chi connectivity index (χ4v) is 5.31. The zero-order chi connectivity index (χ0) is 29.2. The summed E-state index contributed by atoms with van der Waals surface area (Å²) >= 11 is 0. The van der Waals surface area contributed by atoms with Crippen molar-refractivity contribution in [1.29, 1.82) is 5.26 Å². The van der Waals surface area contributed by atoms with E-state index in [-0.39, 0.29) is 5.91 Å². The van der Waals surface area contributed by atoms with E-state index < -0.39 is 0 Å². The average Bonchev–Trinajstić information content (AvgIpc) is 3.51. The van der Waals surface area contributed by atoms with Crippen molar-refractivity contribution >= 4 is 28.3 Å². The number of hydrogen-bond donors (Lipinski definition) is 0. The summed E-state index contributed by atoms with van der Waals surface area (Å²) in [6.07, 6.45) is 6.78. The van der Waals surface area contributed by atoms with Gasteiger partial charge >= 0.3 is 6.01 Å². The van der Waals surface area contributed by atoms with E-state index in [9.17, 15) is 4.79 Å². The van der Waals surface area contributed by atoms with Crippen LogP contribution in [0.3, 0.4) is 0 Å². The molecule has 216 valence electrons. The lowest BCUT2D eigenvalue weighted by Crippen LogP contribution is -2.49. The van der Waals surface area contributed by atoms with Crippen LogP contribution >= 0.6 is 0 Å². The zero-order valence-electron chi connectivity index (χ0n) is 24.3. The van der Waals surface area contributed by atoms with Gasteiger partial charge in [0.1, 0.15) is 5.82 Å². The zero-order valence-corrected chi connectivity index (χ0v) is 24.3.